The highest BCUT2D eigenvalue weighted by atomic mass is 16.2. The SMILES string of the molecule is NC(=O)/C=C(/N)C(=O)NCCc1ccccc1. The predicted octanol–water partition coefficient (Wildman–Crippen LogP) is -0.327. The molecule has 2 amide bonds. The summed E-state index contributed by atoms with van der Waals surface area (Å²) in [5.74, 6) is -1.22. The van der Waals surface area contributed by atoms with Gasteiger partial charge in [-0.2, -0.15) is 0 Å². The van der Waals surface area contributed by atoms with Crippen LogP contribution in [-0.2, 0) is 16.0 Å². The van der Waals surface area contributed by atoms with Gasteiger partial charge in [-0.25, -0.2) is 0 Å². The molecule has 1 aromatic carbocycles. The quantitative estimate of drug-likeness (QED) is 0.607. The van der Waals surface area contributed by atoms with Crippen molar-refractivity contribution in [2.75, 3.05) is 6.54 Å². The van der Waals surface area contributed by atoms with Gasteiger partial charge in [-0.3, -0.25) is 9.59 Å². The van der Waals surface area contributed by atoms with Crippen molar-refractivity contribution in [2.24, 2.45) is 11.5 Å². The van der Waals surface area contributed by atoms with Gasteiger partial charge in [-0.05, 0) is 12.0 Å². The molecule has 90 valence electrons. The third-order valence-corrected chi connectivity index (χ3v) is 2.10. The van der Waals surface area contributed by atoms with Crippen molar-refractivity contribution in [3.8, 4) is 0 Å². The first-order chi connectivity index (χ1) is 8.09. The van der Waals surface area contributed by atoms with Crippen LogP contribution in [0.1, 0.15) is 5.56 Å². The van der Waals surface area contributed by atoms with Crippen molar-refractivity contribution in [1.29, 1.82) is 0 Å². The summed E-state index contributed by atoms with van der Waals surface area (Å²) in [5.41, 5.74) is 11.2. The van der Waals surface area contributed by atoms with Gasteiger partial charge >= 0.3 is 0 Å². The van der Waals surface area contributed by atoms with Gasteiger partial charge in [0.1, 0.15) is 5.70 Å². The number of hydrogen-bond donors (Lipinski definition) is 3. The van der Waals surface area contributed by atoms with Crippen molar-refractivity contribution < 1.29 is 9.59 Å². The molecule has 0 spiro atoms. The predicted molar refractivity (Wildman–Crippen MR) is 64.6 cm³/mol. The minimum atomic E-state index is -0.735. The van der Waals surface area contributed by atoms with Gasteiger partial charge in [-0.1, -0.05) is 30.3 Å². The van der Waals surface area contributed by atoms with E-state index in [9.17, 15) is 9.59 Å². The first-order valence-corrected chi connectivity index (χ1v) is 5.18. The molecule has 0 aliphatic rings. The smallest absolute Gasteiger partial charge is 0.267 e. The normalized spacial score (nSPS) is 10.9. The maximum atomic E-state index is 11.4. The average Bonchev–Trinajstić information content (AvgIpc) is 2.29. The largest absolute Gasteiger partial charge is 0.394 e. The number of carbonyl (C=O) groups excluding carboxylic acids is 2. The van der Waals surface area contributed by atoms with Crippen molar-refractivity contribution >= 4 is 11.8 Å². The van der Waals surface area contributed by atoms with Crippen LogP contribution < -0.4 is 16.8 Å². The lowest BCUT2D eigenvalue weighted by Crippen LogP contribution is -2.31. The molecule has 0 aromatic heterocycles. The molecule has 0 radical (unpaired) electrons. The molecule has 0 heterocycles. The fraction of sp³-hybridized carbons (Fsp3) is 0.167. The summed E-state index contributed by atoms with van der Waals surface area (Å²) in [7, 11) is 0. The van der Waals surface area contributed by atoms with E-state index in [1.165, 1.54) is 0 Å². The van der Waals surface area contributed by atoms with E-state index in [0.717, 1.165) is 11.6 Å². The van der Waals surface area contributed by atoms with Crippen molar-refractivity contribution in [2.45, 2.75) is 6.42 Å². The lowest BCUT2D eigenvalue weighted by atomic mass is 10.1. The summed E-state index contributed by atoms with van der Waals surface area (Å²) in [6.07, 6.45) is 1.61. The third kappa shape index (κ3) is 4.83. The Morgan fingerprint density at radius 3 is 2.41 bits per heavy atom. The molecular weight excluding hydrogens is 218 g/mol. The van der Waals surface area contributed by atoms with Crippen LogP contribution in [0.2, 0.25) is 0 Å². The molecule has 5 heteroatoms. The number of hydrogen-bond acceptors (Lipinski definition) is 3. The van der Waals surface area contributed by atoms with Crippen LogP contribution in [0.4, 0.5) is 0 Å². The fourth-order valence-electron chi connectivity index (χ4n) is 1.29. The Kier molecular flexibility index (Phi) is 4.75. The zero-order valence-corrected chi connectivity index (χ0v) is 9.35. The number of primary amides is 1. The zero-order valence-electron chi connectivity index (χ0n) is 9.35. The van der Waals surface area contributed by atoms with Crippen LogP contribution in [0.5, 0.6) is 0 Å². The van der Waals surface area contributed by atoms with E-state index in [0.29, 0.717) is 13.0 Å². The van der Waals surface area contributed by atoms with Gasteiger partial charge in [0.2, 0.25) is 5.91 Å². The van der Waals surface area contributed by atoms with Crippen LogP contribution in [0, 0.1) is 0 Å². The summed E-state index contributed by atoms with van der Waals surface area (Å²) < 4.78 is 0. The van der Waals surface area contributed by atoms with Crippen molar-refractivity contribution in [3.63, 3.8) is 0 Å². The number of benzene rings is 1. The summed E-state index contributed by atoms with van der Waals surface area (Å²) >= 11 is 0. The Bertz CT molecular complexity index is 427. The molecule has 0 unspecified atom stereocenters. The minimum Gasteiger partial charge on any atom is -0.394 e. The van der Waals surface area contributed by atoms with Crippen LogP contribution >= 0.6 is 0 Å². The number of nitrogens with one attached hydrogen (secondary N) is 1. The molecule has 17 heavy (non-hydrogen) atoms. The Labute approximate surface area is 99.5 Å². The second-order valence-electron chi connectivity index (χ2n) is 3.49. The summed E-state index contributed by atoms with van der Waals surface area (Å²) in [6.45, 7) is 0.455. The van der Waals surface area contributed by atoms with Crippen LogP contribution in [-0.4, -0.2) is 18.4 Å². The molecule has 1 aromatic rings. The molecule has 0 aliphatic carbocycles. The average molecular weight is 233 g/mol. The van der Waals surface area contributed by atoms with Crippen molar-refractivity contribution in [1.82, 2.24) is 5.32 Å². The Hall–Kier alpha value is -2.30. The molecule has 5 N–H and O–H groups in total. The molecule has 0 bridgehead atoms. The van der Waals surface area contributed by atoms with Gasteiger partial charge < -0.3 is 16.8 Å². The van der Waals surface area contributed by atoms with Gasteiger partial charge in [0, 0.05) is 12.6 Å². The van der Waals surface area contributed by atoms with Gasteiger partial charge in [0.15, 0.2) is 0 Å². The maximum Gasteiger partial charge on any atom is 0.267 e. The Balaban J connectivity index is 2.37. The Morgan fingerprint density at radius 2 is 1.82 bits per heavy atom. The van der Waals surface area contributed by atoms with E-state index in [2.05, 4.69) is 5.32 Å². The number of rotatable bonds is 5. The molecule has 0 saturated carbocycles. The van der Waals surface area contributed by atoms with Gasteiger partial charge in [-0.15, -0.1) is 0 Å². The number of carbonyl (C=O) groups is 2. The minimum absolute atomic E-state index is 0.175. The Morgan fingerprint density at radius 1 is 1.18 bits per heavy atom. The fourth-order valence-corrected chi connectivity index (χ4v) is 1.29. The van der Waals surface area contributed by atoms with E-state index in [-0.39, 0.29) is 5.70 Å². The first-order valence-electron chi connectivity index (χ1n) is 5.18. The van der Waals surface area contributed by atoms with Crippen molar-refractivity contribution in [3.05, 3.63) is 47.7 Å². The topological polar surface area (TPSA) is 98.2 Å². The van der Waals surface area contributed by atoms with E-state index < -0.39 is 11.8 Å². The van der Waals surface area contributed by atoms with Crippen LogP contribution in [0.3, 0.4) is 0 Å². The zero-order chi connectivity index (χ0) is 12.7. The summed E-state index contributed by atoms with van der Waals surface area (Å²) in [6, 6.07) is 9.72. The number of nitrogens with two attached hydrogens (primary N) is 2. The second-order valence-corrected chi connectivity index (χ2v) is 3.49. The molecular formula is C12H15N3O2. The summed E-state index contributed by atoms with van der Waals surface area (Å²) in [4.78, 5) is 21.9. The van der Waals surface area contributed by atoms with Crippen LogP contribution in [0.15, 0.2) is 42.1 Å². The molecule has 0 saturated heterocycles. The third-order valence-electron chi connectivity index (χ3n) is 2.10. The molecule has 0 atom stereocenters. The molecule has 1 rings (SSSR count). The highest BCUT2D eigenvalue weighted by Crippen LogP contribution is 1.98. The lowest BCUT2D eigenvalue weighted by molar-refractivity contribution is -0.118. The first kappa shape index (κ1) is 12.8. The van der Waals surface area contributed by atoms with Crippen LogP contribution in [0.25, 0.3) is 0 Å². The highest BCUT2D eigenvalue weighted by molar-refractivity contribution is 5.99. The van der Waals surface area contributed by atoms with Gasteiger partial charge in [0.05, 0.1) is 0 Å². The van der Waals surface area contributed by atoms with E-state index >= 15 is 0 Å². The van der Waals surface area contributed by atoms with E-state index in [1.54, 1.807) is 0 Å². The maximum absolute atomic E-state index is 11.4. The monoisotopic (exact) mass is 233 g/mol. The molecule has 5 nitrogen and oxygen atoms in total. The van der Waals surface area contributed by atoms with E-state index in [1.807, 2.05) is 30.3 Å². The number of amides is 2. The van der Waals surface area contributed by atoms with Gasteiger partial charge in [0.25, 0.3) is 5.91 Å². The standard InChI is InChI=1S/C12H15N3O2/c13-10(8-11(14)16)12(17)15-7-6-9-4-2-1-3-5-9/h1-5,8H,6-7,13H2,(H2,14,16)(H,15,17)/b10-8+. The molecule has 0 fully saturated rings. The second kappa shape index (κ2) is 6.32. The van der Waals surface area contributed by atoms with E-state index in [4.69, 9.17) is 11.5 Å². The summed E-state index contributed by atoms with van der Waals surface area (Å²) in [5, 5.41) is 2.60. The lowest BCUT2D eigenvalue weighted by Gasteiger charge is -2.04. The molecule has 0 aliphatic heterocycles. The highest BCUT2D eigenvalue weighted by Gasteiger charge is 2.05.